The first-order chi connectivity index (χ1) is 26.2. The van der Waals surface area contributed by atoms with Crippen molar-refractivity contribution in [2.75, 3.05) is 26.1 Å². The van der Waals surface area contributed by atoms with Crippen molar-refractivity contribution in [1.82, 2.24) is 0 Å². The second-order valence-corrected chi connectivity index (χ2v) is 10.8. The molecule has 56 heavy (non-hydrogen) atoms. The number of benzene rings is 2. The molecule has 0 spiro atoms. The van der Waals surface area contributed by atoms with Crippen LogP contribution in [0.3, 0.4) is 0 Å². The van der Waals surface area contributed by atoms with Crippen LogP contribution >= 0.6 is 11.6 Å². The summed E-state index contributed by atoms with van der Waals surface area (Å²) in [7, 11) is 0. The Labute approximate surface area is 327 Å². The van der Waals surface area contributed by atoms with Gasteiger partial charge in [-0.2, -0.15) is 0 Å². The van der Waals surface area contributed by atoms with Crippen molar-refractivity contribution in [2.24, 2.45) is 0 Å². The molecule has 0 atom stereocenters. The molecule has 0 aromatic heterocycles. The molecular weight excluding hydrogens is 772 g/mol. The van der Waals surface area contributed by atoms with Crippen LogP contribution in [0.1, 0.15) is 106 Å². The fourth-order valence-electron chi connectivity index (χ4n) is 3.92. The van der Waals surface area contributed by atoms with Crippen LogP contribution < -0.4 is 9.47 Å². The Balaban J connectivity index is 0. The SMILES string of the molecule is C.CC(=O)Oc1ccccc1C(=O)OCCl.CC(=O)Oc1ccccc1C(=O)OCOC(=O)CCCCCCO[N+](=O)[O-].O=C(O)CCCCCCO[N+](=O)[O-]. The highest BCUT2D eigenvalue weighted by molar-refractivity contribution is 6.17. The number of carbonyl (C=O) groups is 6. The van der Waals surface area contributed by atoms with Gasteiger partial charge in [-0.1, -0.05) is 69.0 Å². The highest BCUT2D eigenvalue weighted by atomic mass is 35.5. The first-order valence-electron chi connectivity index (χ1n) is 16.5. The van der Waals surface area contributed by atoms with Crippen LogP contribution in [0.25, 0.3) is 0 Å². The highest BCUT2D eigenvalue weighted by Gasteiger charge is 2.16. The molecule has 1 N–H and O–H groups in total. The second-order valence-electron chi connectivity index (χ2n) is 10.6. The summed E-state index contributed by atoms with van der Waals surface area (Å²) >= 11 is 5.25. The Hall–Kier alpha value is -6.05. The number of esters is 5. The van der Waals surface area contributed by atoms with Gasteiger partial charge in [-0.05, 0) is 49.9 Å². The van der Waals surface area contributed by atoms with Gasteiger partial charge in [-0.25, -0.2) is 9.59 Å². The molecule has 0 bridgehead atoms. The van der Waals surface area contributed by atoms with Crippen LogP contribution in [0, 0.1) is 20.2 Å². The summed E-state index contributed by atoms with van der Waals surface area (Å²) in [4.78, 5) is 94.6. The van der Waals surface area contributed by atoms with Gasteiger partial charge in [0.1, 0.15) is 22.6 Å². The third-order valence-electron chi connectivity index (χ3n) is 6.27. The van der Waals surface area contributed by atoms with Crippen LogP contribution in [0.4, 0.5) is 0 Å². The molecule has 0 unspecified atom stereocenters. The number of hydrogen-bond acceptors (Lipinski definition) is 17. The normalized spacial score (nSPS) is 9.55. The van der Waals surface area contributed by atoms with E-state index in [1.807, 2.05) is 0 Å². The minimum absolute atomic E-state index is 0. The Kier molecular flexibility index (Phi) is 30.1. The standard InChI is InChI=1S/C17H21NO9.C10H9ClO4.C7H13NO5.CH4/c1-13(19)27-15-9-6-5-8-14(15)17(21)25-12-24-16(20)10-4-2-3-7-11-26-18(22)23;1-7(12)15-9-5-3-2-4-8(9)10(13)14-6-11;9-7(10)5-3-1-2-4-6-13-8(11)12;/h5-6,8-9H,2-4,7,10-12H2,1H3;2-5H,6H2,1H3;1-6H2,(H,9,10);1H4. The molecule has 2 aromatic carbocycles. The lowest BCUT2D eigenvalue weighted by molar-refractivity contribution is -0.757. The van der Waals surface area contributed by atoms with Crippen molar-refractivity contribution in [3.63, 3.8) is 0 Å². The summed E-state index contributed by atoms with van der Waals surface area (Å²) in [6, 6.07) is 12.1. The fourth-order valence-corrected chi connectivity index (χ4v) is 4.02. The van der Waals surface area contributed by atoms with E-state index in [4.69, 9.17) is 35.7 Å². The number of carboxylic acids is 1. The molecule has 312 valence electrons. The molecule has 0 aliphatic rings. The van der Waals surface area contributed by atoms with Crippen molar-refractivity contribution >= 4 is 47.4 Å². The smallest absolute Gasteiger partial charge is 0.344 e. The number of nitrogens with zero attached hydrogens (tertiary/aromatic N) is 2. The molecule has 21 heteroatoms. The van der Waals surface area contributed by atoms with E-state index in [0.29, 0.717) is 38.5 Å². The molecule has 0 aliphatic heterocycles. The van der Waals surface area contributed by atoms with E-state index in [1.54, 1.807) is 24.3 Å². The first-order valence-corrected chi connectivity index (χ1v) is 17.1. The number of alkyl halides is 1. The summed E-state index contributed by atoms with van der Waals surface area (Å²) < 4.78 is 24.0. The number of aliphatic carboxylic acids is 1. The molecule has 0 heterocycles. The van der Waals surface area contributed by atoms with Gasteiger partial charge in [0.25, 0.3) is 10.2 Å². The molecule has 0 saturated carbocycles. The van der Waals surface area contributed by atoms with Crippen molar-refractivity contribution in [2.45, 2.75) is 85.5 Å². The average Bonchev–Trinajstić information content (AvgIpc) is 3.11. The van der Waals surface area contributed by atoms with E-state index < -0.39 is 52.8 Å². The minimum Gasteiger partial charge on any atom is -0.481 e. The molecule has 0 saturated heterocycles. The summed E-state index contributed by atoms with van der Waals surface area (Å²) in [5.41, 5.74) is 0.217. The van der Waals surface area contributed by atoms with E-state index in [2.05, 4.69) is 14.4 Å². The number of rotatable bonds is 23. The number of halogens is 1. The van der Waals surface area contributed by atoms with E-state index in [-0.39, 0.29) is 62.2 Å². The zero-order valence-electron chi connectivity index (χ0n) is 30.2. The second kappa shape index (κ2) is 32.4. The number of carboxylic acid groups (broad SMARTS) is 1. The molecule has 2 aromatic rings. The lowest BCUT2D eigenvalue weighted by Crippen LogP contribution is -2.14. The van der Waals surface area contributed by atoms with Crippen LogP contribution in [0.5, 0.6) is 11.5 Å². The maximum absolute atomic E-state index is 12.0. The van der Waals surface area contributed by atoms with E-state index in [0.717, 1.165) is 12.8 Å². The number of ether oxygens (including phenoxy) is 5. The largest absolute Gasteiger partial charge is 0.481 e. The zero-order chi connectivity index (χ0) is 41.4. The van der Waals surface area contributed by atoms with E-state index in [1.165, 1.54) is 38.1 Å². The maximum Gasteiger partial charge on any atom is 0.344 e. The van der Waals surface area contributed by atoms with Gasteiger partial charge in [-0.15, -0.1) is 20.2 Å². The van der Waals surface area contributed by atoms with Crippen molar-refractivity contribution in [3.05, 3.63) is 79.9 Å². The Bertz CT molecular complexity index is 1520. The third-order valence-corrected chi connectivity index (χ3v) is 6.38. The Morgan fingerprint density at radius 1 is 0.625 bits per heavy atom. The van der Waals surface area contributed by atoms with Gasteiger partial charge < -0.3 is 38.5 Å². The predicted molar refractivity (Wildman–Crippen MR) is 194 cm³/mol. The summed E-state index contributed by atoms with van der Waals surface area (Å²) in [5.74, 6) is -3.60. The summed E-state index contributed by atoms with van der Waals surface area (Å²) in [6.45, 7) is 2.04. The van der Waals surface area contributed by atoms with E-state index in [9.17, 15) is 49.0 Å². The Morgan fingerprint density at radius 3 is 1.45 bits per heavy atom. The molecule has 20 nitrogen and oxygen atoms in total. The topological polar surface area (TPSA) is 274 Å². The van der Waals surface area contributed by atoms with Gasteiger partial charge in [0, 0.05) is 26.7 Å². The van der Waals surface area contributed by atoms with Crippen LogP contribution in [-0.2, 0) is 43.1 Å². The van der Waals surface area contributed by atoms with Crippen molar-refractivity contribution < 1.29 is 77.4 Å². The fraction of sp³-hybridized carbons (Fsp3) is 0.486. The molecule has 2 rings (SSSR count). The number of hydrogen-bond donors (Lipinski definition) is 1. The van der Waals surface area contributed by atoms with Gasteiger partial charge >= 0.3 is 35.8 Å². The summed E-state index contributed by atoms with van der Waals surface area (Å²) in [5, 5.41) is 26.2. The first kappa shape index (κ1) is 52.1. The Morgan fingerprint density at radius 2 is 1.04 bits per heavy atom. The molecule has 0 amide bonds. The number of unbranched alkanes of at least 4 members (excludes halogenated alkanes) is 6. The van der Waals surface area contributed by atoms with Gasteiger partial charge in [0.2, 0.25) is 6.79 Å². The predicted octanol–water partition coefficient (Wildman–Crippen LogP) is 6.26. The summed E-state index contributed by atoms with van der Waals surface area (Å²) in [6.07, 6.45) is 5.49. The number of carbonyl (C=O) groups excluding carboxylic acids is 5. The van der Waals surface area contributed by atoms with Gasteiger partial charge in [0.05, 0.1) is 13.2 Å². The van der Waals surface area contributed by atoms with Crippen LogP contribution in [0.2, 0.25) is 0 Å². The molecule has 0 radical (unpaired) electrons. The minimum atomic E-state index is -0.844. The highest BCUT2D eigenvalue weighted by Crippen LogP contribution is 2.20. The maximum atomic E-state index is 12.0. The van der Waals surface area contributed by atoms with Gasteiger partial charge in [0.15, 0.2) is 6.07 Å². The lowest BCUT2D eigenvalue weighted by atomic mass is 10.1. The van der Waals surface area contributed by atoms with Crippen LogP contribution in [-0.4, -0.2) is 77.2 Å². The average molecular weight is 819 g/mol. The molecule has 0 aliphatic carbocycles. The quantitative estimate of drug-likeness (QED) is 0.0246. The zero-order valence-corrected chi connectivity index (χ0v) is 30.9. The molecule has 0 fully saturated rings. The van der Waals surface area contributed by atoms with Crippen molar-refractivity contribution in [3.8, 4) is 11.5 Å². The molecular formula is C35H47ClN2O18. The van der Waals surface area contributed by atoms with E-state index >= 15 is 0 Å². The number of para-hydroxylation sites is 2. The lowest BCUT2D eigenvalue weighted by Gasteiger charge is -2.09. The van der Waals surface area contributed by atoms with Gasteiger partial charge in [-0.3, -0.25) is 19.2 Å². The monoisotopic (exact) mass is 818 g/mol. The third kappa shape index (κ3) is 28.5. The van der Waals surface area contributed by atoms with Crippen LogP contribution in [0.15, 0.2) is 48.5 Å². The van der Waals surface area contributed by atoms with Crippen molar-refractivity contribution in [1.29, 1.82) is 0 Å².